The van der Waals surface area contributed by atoms with Gasteiger partial charge in [-0.3, -0.25) is 4.79 Å². The number of ether oxygens (including phenoxy) is 1. The summed E-state index contributed by atoms with van der Waals surface area (Å²) >= 11 is 0. The zero-order valence-corrected chi connectivity index (χ0v) is 15.8. The molecule has 4 rings (SSSR count). The minimum Gasteiger partial charge on any atom is -0.376 e. The molecule has 0 radical (unpaired) electrons. The molecule has 1 atom stereocenters. The van der Waals surface area contributed by atoms with Gasteiger partial charge >= 0.3 is 6.03 Å². The van der Waals surface area contributed by atoms with Crippen molar-refractivity contribution in [2.75, 3.05) is 24.6 Å². The molecule has 0 saturated carbocycles. The van der Waals surface area contributed by atoms with Crippen LogP contribution in [0.15, 0.2) is 48.5 Å². The largest absolute Gasteiger partial charge is 0.376 e. The quantitative estimate of drug-likeness (QED) is 0.839. The number of nitrogens with zero attached hydrogens (tertiary/aromatic N) is 1. The van der Waals surface area contributed by atoms with Crippen LogP contribution in [0.4, 0.5) is 10.5 Å². The standard InChI is InChI=1S/C22H25N3O3/c26-21(17-5-2-1-3-6-17)25-11-10-18-13-16(8-9-20(18)25)14-23-22(27)24-15-19-7-4-12-28-19/h1-3,5-6,8-9,13,19H,4,7,10-12,14-15H2,(H2,23,24,27). The Morgan fingerprint density at radius 1 is 1.11 bits per heavy atom. The second kappa shape index (κ2) is 8.44. The highest BCUT2D eigenvalue weighted by molar-refractivity contribution is 6.07. The Morgan fingerprint density at radius 3 is 2.75 bits per heavy atom. The van der Waals surface area contributed by atoms with E-state index in [0.29, 0.717) is 25.2 Å². The third-order valence-corrected chi connectivity index (χ3v) is 5.27. The highest BCUT2D eigenvalue weighted by atomic mass is 16.5. The van der Waals surface area contributed by atoms with Gasteiger partial charge in [-0.05, 0) is 48.6 Å². The zero-order chi connectivity index (χ0) is 19.3. The molecule has 2 aliphatic rings. The van der Waals surface area contributed by atoms with E-state index < -0.39 is 0 Å². The molecule has 0 aromatic heterocycles. The highest BCUT2D eigenvalue weighted by Crippen LogP contribution is 2.30. The summed E-state index contributed by atoms with van der Waals surface area (Å²) in [5.41, 5.74) is 3.83. The Balaban J connectivity index is 1.33. The molecule has 1 fully saturated rings. The molecule has 0 spiro atoms. The predicted octanol–water partition coefficient (Wildman–Crippen LogP) is 2.87. The third-order valence-electron chi connectivity index (χ3n) is 5.27. The summed E-state index contributed by atoms with van der Waals surface area (Å²) in [6.45, 7) is 2.47. The van der Waals surface area contributed by atoms with E-state index in [9.17, 15) is 9.59 Å². The lowest BCUT2D eigenvalue weighted by atomic mass is 10.1. The maximum atomic E-state index is 12.7. The number of fused-ring (bicyclic) bond motifs is 1. The molecule has 2 aliphatic heterocycles. The van der Waals surface area contributed by atoms with Gasteiger partial charge in [0.15, 0.2) is 0 Å². The first kappa shape index (κ1) is 18.5. The fourth-order valence-electron chi connectivity index (χ4n) is 3.77. The first-order valence-corrected chi connectivity index (χ1v) is 9.83. The first-order chi connectivity index (χ1) is 13.7. The maximum Gasteiger partial charge on any atom is 0.315 e. The van der Waals surface area contributed by atoms with Crippen LogP contribution < -0.4 is 15.5 Å². The van der Waals surface area contributed by atoms with Crippen molar-refractivity contribution in [3.63, 3.8) is 0 Å². The minimum absolute atomic E-state index is 0.0266. The molecule has 3 amide bonds. The van der Waals surface area contributed by atoms with E-state index in [4.69, 9.17) is 4.74 Å². The van der Waals surface area contributed by atoms with Crippen molar-refractivity contribution in [3.05, 3.63) is 65.2 Å². The zero-order valence-electron chi connectivity index (χ0n) is 15.8. The van der Waals surface area contributed by atoms with Gasteiger partial charge in [0.05, 0.1) is 6.10 Å². The smallest absolute Gasteiger partial charge is 0.315 e. The van der Waals surface area contributed by atoms with Gasteiger partial charge in [0, 0.05) is 37.5 Å². The van der Waals surface area contributed by atoms with Gasteiger partial charge in [0.25, 0.3) is 5.91 Å². The Bertz CT molecular complexity index is 847. The topological polar surface area (TPSA) is 70.7 Å². The van der Waals surface area contributed by atoms with Crippen LogP contribution >= 0.6 is 0 Å². The molecular weight excluding hydrogens is 354 g/mol. The molecular formula is C22H25N3O3. The molecule has 0 bridgehead atoms. The molecule has 2 heterocycles. The molecule has 6 nitrogen and oxygen atoms in total. The summed E-state index contributed by atoms with van der Waals surface area (Å²) in [7, 11) is 0. The summed E-state index contributed by atoms with van der Waals surface area (Å²) in [5, 5.41) is 5.75. The fourth-order valence-corrected chi connectivity index (χ4v) is 3.77. The van der Waals surface area contributed by atoms with Gasteiger partial charge in [-0.2, -0.15) is 0 Å². The van der Waals surface area contributed by atoms with E-state index in [-0.39, 0.29) is 18.0 Å². The van der Waals surface area contributed by atoms with E-state index in [1.807, 2.05) is 47.4 Å². The van der Waals surface area contributed by atoms with Crippen molar-refractivity contribution in [2.24, 2.45) is 0 Å². The molecule has 2 aromatic carbocycles. The second-order valence-electron chi connectivity index (χ2n) is 7.23. The molecule has 146 valence electrons. The lowest BCUT2D eigenvalue weighted by Gasteiger charge is -2.18. The van der Waals surface area contributed by atoms with Crippen LogP contribution in [0.5, 0.6) is 0 Å². The number of nitrogens with one attached hydrogen (secondary N) is 2. The molecule has 28 heavy (non-hydrogen) atoms. The number of anilines is 1. The summed E-state index contributed by atoms with van der Waals surface area (Å²) in [4.78, 5) is 26.5. The van der Waals surface area contributed by atoms with E-state index in [2.05, 4.69) is 16.7 Å². The summed E-state index contributed by atoms with van der Waals surface area (Å²) in [6, 6.07) is 15.2. The third kappa shape index (κ3) is 4.17. The highest BCUT2D eigenvalue weighted by Gasteiger charge is 2.25. The molecule has 2 N–H and O–H groups in total. The van der Waals surface area contributed by atoms with E-state index >= 15 is 0 Å². The number of carbonyl (C=O) groups is 2. The summed E-state index contributed by atoms with van der Waals surface area (Å²) < 4.78 is 5.50. The Morgan fingerprint density at radius 2 is 1.96 bits per heavy atom. The van der Waals surface area contributed by atoms with Gasteiger partial charge in [-0.1, -0.05) is 30.3 Å². The second-order valence-corrected chi connectivity index (χ2v) is 7.23. The Labute approximate surface area is 164 Å². The lowest BCUT2D eigenvalue weighted by Crippen LogP contribution is -2.39. The van der Waals surface area contributed by atoms with Gasteiger partial charge in [-0.15, -0.1) is 0 Å². The first-order valence-electron chi connectivity index (χ1n) is 9.83. The van der Waals surface area contributed by atoms with Crippen LogP contribution in [0.3, 0.4) is 0 Å². The van der Waals surface area contributed by atoms with Crippen LogP contribution in [-0.4, -0.2) is 37.7 Å². The van der Waals surface area contributed by atoms with Crippen LogP contribution in [0.1, 0.15) is 34.3 Å². The van der Waals surface area contributed by atoms with Crippen molar-refractivity contribution in [1.29, 1.82) is 0 Å². The number of hydrogen-bond donors (Lipinski definition) is 2. The summed E-state index contributed by atoms with van der Waals surface area (Å²) in [5.74, 6) is 0.0266. The van der Waals surface area contributed by atoms with Crippen LogP contribution in [0.25, 0.3) is 0 Å². The molecule has 0 aliphatic carbocycles. The average molecular weight is 379 g/mol. The number of carbonyl (C=O) groups excluding carboxylic acids is 2. The van der Waals surface area contributed by atoms with Crippen molar-refractivity contribution >= 4 is 17.6 Å². The van der Waals surface area contributed by atoms with Crippen LogP contribution in [0, 0.1) is 0 Å². The molecule has 2 aromatic rings. The average Bonchev–Trinajstić information content (AvgIpc) is 3.40. The lowest BCUT2D eigenvalue weighted by molar-refractivity contribution is 0.0989. The van der Waals surface area contributed by atoms with Crippen molar-refractivity contribution in [2.45, 2.75) is 31.9 Å². The van der Waals surface area contributed by atoms with Crippen LogP contribution in [0.2, 0.25) is 0 Å². The van der Waals surface area contributed by atoms with Crippen molar-refractivity contribution in [1.82, 2.24) is 10.6 Å². The summed E-state index contributed by atoms with van der Waals surface area (Å²) in [6.07, 6.45) is 3.03. The number of rotatable bonds is 5. The molecule has 1 saturated heterocycles. The van der Waals surface area contributed by atoms with Gasteiger partial charge in [-0.25, -0.2) is 4.79 Å². The van der Waals surface area contributed by atoms with Crippen LogP contribution in [-0.2, 0) is 17.7 Å². The van der Waals surface area contributed by atoms with Gasteiger partial charge in [0.2, 0.25) is 0 Å². The van der Waals surface area contributed by atoms with E-state index in [0.717, 1.165) is 42.7 Å². The van der Waals surface area contributed by atoms with Gasteiger partial charge < -0.3 is 20.3 Å². The number of benzene rings is 2. The van der Waals surface area contributed by atoms with E-state index in [1.165, 1.54) is 0 Å². The van der Waals surface area contributed by atoms with E-state index in [1.54, 1.807) is 0 Å². The molecule has 6 heteroatoms. The predicted molar refractivity (Wildman–Crippen MR) is 107 cm³/mol. The van der Waals surface area contributed by atoms with Gasteiger partial charge in [0.1, 0.15) is 0 Å². The number of amides is 3. The fraction of sp³-hybridized carbons (Fsp3) is 0.364. The SMILES string of the molecule is O=C(NCc1ccc2c(c1)CCN2C(=O)c1ccccc1)NCC1CCCO1. The monoisotopic (exact) mass is 379 g/mol. The minimum atomic E-state index is -0.183. The Hall–Kier alpha value is -2.86. The normalized spacial score (nSPS) is 18.0. The van der Waals surface area contributed by atoms with Crippen molar-refractivity contribution in [3.8, 4) is 0 Å². The number of urea groups is 1. The van der Waals surface area contributed by atoms with Crippen molar-refractivity contribution < 1.29 is 14.3 Å². The Kier molecular flexibility index (Phi) is 5.58. The maximum absolute atomic E-state index is 12.7. The molecule has 1 unspecified atom stereocenters. The number of hydrogen-bond acceptors (Lipinski definition) is 3.